The van der Waals surface area contributed by atoms with Crippen LogP contribution in [0.25, 0.3) is 22.3 Å². The summed E-state index contributed by atoms with van der Waals surface area (Å²) in [5.74, 6) is 0.258. The van der Waals surface area contributed by atoms with E-state index in [1.54, 1.807) is 16.7 Å². The molecule has 0 aliphatic heterocycles. The van der Waals surface area contributed by atoms with Gasteiger partial charge in [0.2, 0.25) is 0 Å². The van der Waals surface area contributed by atoms with Crippen molar-refractivity contribution in [1.82, 2.24) is 19.5 Å². The lowest BCUT2D eigenvalue weighted by Gasteiger charge is -2.28. The Morgan fingerprint density at radius 1 is 1.19 bits per heavy atom. The number of hydrogen-bond acceptors (Lipinski definition) is 5. The van der Waals surface area contributed by atoms with Gasteiger partial charge in [0.25, 0.3) is 0 Å². The van der Waals surface area contributed by atoms with E-state index in [1.807, 2.05) is 0 Å². The first-order valence-electron chi connectivity index (χ1n) is 12.1. The van der Waals surface area contributed by atoms with Crippen LogP contribution in [0.5, 0.6) is 6.01 Å². The Labute approximate surface area is 217 Å². The van der Waals surface area contributed by atoms with Gasteiger partial charge in [0.15, 0.2) is 6.17 Å². The van der Waals surface area contributed by atoms with Crippen LogP contribution in [0, 0.1) is 17.7 Å². The molecule has 0 saturated heterocycles. The van der Waals surface area contributed by atoms with Crippen molar-refractivity contribution in [3.63, 3.8) is 0 Å². The van der Waals surface area contributed by atoms with Crippen molar-refractivity contribution < 1.29 is 23.4 Å². The number of nitrogens with zero attached hydrogens (tertiary/aromatic N) is 4. The molecule has 0 radical (unpaired) electrons. The van der Waals surface area contributed by atoms with Gasteiger partial charge in [-0.1, -0.05) is 49.6 Å². The fraction of sp³-hybridized carbons (Fsp3) is 0.333. The number of halogens is 3. The van der Waals surface area contributed by atoms with Crippen LogP contribution in [0.3, 0.4) is 0 Å². The summed E-state index contributed by atoms with van der Waals surface area (Å²) in [6.07, 6.45) is 3.72. The second-order valence-corrected chi connectivity index (χ2v) is 9.97. The third-order valence-corrected chi connectivity index (χ3v) is 7.13. The molecule has 1 saturated carbocycles. The number of benzene rings is 1. The number of carboxylic acid groups (broad SMARTS) is 1. The Morgan fingerprint density at radius 2 is 1.95 bits per heavy atom. The van der Waals surface area contributed by atoms with Crippen molar-refractivity contribution in [3.8, 4) is 17.3 Å². The summed E-state index contributed by atoms with van der Waals surface area (Å²) in [6, 6.07) is 8.46. The Bertz CT molecular complexity index is 1450. The average molecular weight is 527 g/mol. The fourth-order valence-electron chi connectivity index (χ4n) is 5.05. The summed E-state index contributed by atoms with van der Waals surface area (Å²) in [4.78, 5) is 24.0. The highest BCUT2D eigenvalue weighted by atomic mass is 35.5. The van der Waals surface area contributed by atoms with Crippen LogP contribution in [0.1, 0.15) is 50.0 Å². The molecule has 1 aliphatic rings. The Morgan fingerprint density at radius 3 is 2.65 bits per heavy atom. The molecule has 4 aromatic rings. The van der Waals surface area contributed by atoms with Gasteiger partial charge < -0.3 is 14.4 Å². The molecule has 3 heterocycles. The normalized spacial score (nSPS) is 18.6. The van der Waals surface area contributed by atoms with Crippen LogP contribution < -0.4 is 4.74 Å². The number of rotatable bonds is 6. The molecule has 1 unspecified atom stereocenters. The molecule has 5 rings (SSSR count). The van der Waals surface area contributed by atoms with Crippen LogP contribution >= 0.6 is 11.6 Å². The maximum Gasteiger partial charge on any atom is 0.513 e. The van der Waals surface area contributed by atoms with Crippen molar-refractivity contribution in [3.05, 3.63) is 70.9 Å². The van der Waals surface area contributed by atoms with E-state index in [9.17, 15) is 9.18 Å². The van der Waals surface area contributed by atoms with Gasteiger partial charge in [-0.05, 0) is 42.9 Å². The topological polar surface area (TPSA) is 90.1 Å². The first-order valence-corrected chi connectivity index (χ1v) is 12.5. The minimum Gasteiger partial charge on any atom is -0.449 e. The van der Waals surface area contributed by atoms with Crippen LogP contribution in [-0.2, 0) is 6.54 Å². The van der Waals surface area contributed by atoms with Gasteiger partial charge in [-0.25, -0.2) is 13.6 Å². The zero-order valence-electron chi connectivity index (χ0n) is 20.1. The second-order valence-electron chi connectivity index (χ2n) is 9.54. The van der Waals surface area contributed by atoms with E-state index in [0.29, 0.717) is 34.3 Å². The predicted octanol–water partition coefficient (Wildman–Crippen LogP) is 7.23. The van der Waals surface area contributed by atoms with Gasteiger partial charge in [0, 0.05) is 30.1 Å². The van der Waals surface area contributed by atoms with E-state index < -0.39 is 24.2 Å². The van der Waals surface area contributed by atoms with E-state index in [4.69, 9.17) is 21.4 Å². The molecule has 1 N–H and O–H groups in total. The molecule has 1 fully saturated rings. The van der Waals surface area contributed by atoms with E-state index in [1.165, 1.54) is 36.7 Å². The van der Waals surface area contributed by atoms with E-state index in [2.05, 4.69) is 21.9 Å². The van der Waals surface area contributed by atoms with Crippen LogP contribution in [0.15, 0.2) is 48.8 Å². The lowest BCUT2D eigenvalue weighted by molar-refractivity contribution is 0.140. The maximum atomic E-state index is 16.1. The van der Waals surface area contributed by atoms with Gasteiger partial charge in [-0.3, -0.25) is 4.98 Å². The molecule has 3 aromatic heterocycles. The van der Waals surface area contributed by atoms with Gasteiger partial charge in [-0.2, -0.15) is 9.97 Å². The molecule has 192 valence electrons. The van der Waals surface area contributed by atoms with Gasteiger partial charge in [0.1, 0.15) is 11.5 Å². The molecular weight excluding hydrogens is 502 g/mol. The highest BCUT2D eigenvalue weighted by molar-refractivity contribution is 6.30. The summed E-state index contributed by atoms with van der Waals surface area (Å²) in [6.45, 7) is 2.70. The molecule has 0 spiro atoms. The molecular formula is C27H25ClF2N4O3. The summed E-state index contributed by atoms with van der Waals surface area (Å²) >= 11 is 6.19. The summed E-state index contributed by atoms with van der Waals surface area (Å²) in [5.41, 5.74) is 1.65. The third-order valence-electron chi connectivity index (χ3n) is 6.93. The monoisotopic (exact) mass is 526 g/mol. The van der Waals surface area contributed by atoms with Crippen molar-refractivity contribution in [2.45, 2.75) is 45.3 Å². The SMILES string of the molecule is CC1CCC(Cn2c(C(F)c3ccccc3F)cc3nc(OC(=O)O)nc(-c4cncc(Cl)c4)c32)CC1. The molecule has 1 atom stereocenters. The fourth-order valence-corrected chi connectivity index (χ4v) is 5.22. The standard InChI is InChI=1S/C27H25ClF2N4O3/c1-15-6-8-16(9-7-15)14-34-22(23(30)19-4-2-3-5-20(19)29)11-21-25(34)24(17-10-18(28)13-31-12-17)33-26(32-21)37-27(35)36/h2-5,10-13,15-16,23H,6-9,14H2,1H3,(H,35,36). The van der Waals surface area contributed by atoms with Crippen LogP contribution in [0.4, 0.5) is 13.6 Å². The molecule has 0 amide bonds. The van der Waals surface area contributed by atoms with Crippen LogP contribution in [0.2, 0.25) is 5.02 Å². The van der Waals surface area contributed by atoms with Crippen LogP contribution in [-0.4, -0.2) is 30.8 Å². The number of hydrogen-bond donors (Lipinski definition) is 1. The quantitative estimate of drug-likeness (QED) is 0.266. The summed E-state index contributed by atoms with van der Waals surface area (Å²) in [5, 5.41) is 9.51. The number of ether oxygens (including phenoxy) is 1. The van der Waals surface area contributed by atoms with Crippen molar-refractivity contribution in [1.29, 1.82) is 0 Å². The lowest BCUT2D eigenvalue weighted by Crippen LogP contribution is -2.20. The third kappa shape index (κ3) is 5.27. The minimum atomic E-state index is -1.79. The average Bonchev–Trinajstić information content (AvgIpc) is 3.22. The molecule has 1 aromatic carbocycles. The molecule has 7 nitrogen and oxygen atoms in total. The maximum absolute atomic E-state index is 16.1. The van der Waals surface area contributed by atoms with Gasteiger partial charge >= 0.3 is 12.2 Å². The molecule has 1 aliphatic carbocycles. The predicted molar refractivity (Wildman–Crippen MR) is 135 cm³/mol. The Balaban J connectivity index is 1.74. The van der Waals surface area contributed by atoms with Gasteiger partial charge in [-0.15, -0.1) is 0 Å². The minimum absolute atomic E-state index is 0.0928. The number of pyridine rings is 1. The number of aromatic nitrogens is 4. The van der Waals surface area contributed by atoms with Crippen molar-refractivity contribution in [2.75, 3.05) is 0 Å². The number of alkyl halides is 1. The van der Waals surface area contributed by atoms with Crippen molar-refractivity contribution >= 4 is 28.8 Å². The Hall–Kier alpha value is -3.59. The zero-order valence-corrected chi connectivity index (χ0v) is 20.8. The van der Waals surface area contributed by atoms with E-state index >= 15 is 4.39 Å². The summed E-state index contributed by atoms with van der Waals surface area (Å²) < 4.78 is 37.3. The second kappa shape index (κ2) is 10.4. The summed E-state index contributed by atoms with van der Waals surface area (Å²) in [7, 11) is 0. The van der Waals surface area contributed by atoms with E-state index in [-0.39, 0.29) is 22.7 Å². The number of fused-ring (bicyclic) bond motifs is 1. The van der Waals surface area contributed by atoms with Gasteiger partial charge in [0.05, 0.1) is 21.7 Å². The highest BCUT2D eigenvalue weighted by Gasteiger charge is 2.28. The molecule has 0 bridgehead atoms. The molecule has 10 heteroatoms. The number of carbonyl (C=O) groups is 1. The Kier molecular flexibility index (Phi) is 7.06. The first-order chi connectivity index (χ1) is 17.8. The van der Waals surface area contributed by atoms with E-state index in [0.717, 1.165) is 25.7 Å². The molecule has 37 heavy (non-hydrogen) atoms. The smallest absolute Gasteiger partial charge is 0.449 e. The largest absolute Gasteiger partial charge is 0.513 e. The zero-order chi connectivity index (χ0) is 26.1. The first kappa shape index (κ1) is 25.1. The highest BCUT2D eigenvalue weighted by Crippen LogP contribution is 2.39. The van der Waals surface area contributed by atoms with Crippen molar-refractivity contribution in [2.24, 2.45) is 11.8 Å². The lowest BCUT2D eigenvalue weighted by atomic mass is 9.83.